The molecule has 22 heavy (non-hydrogen) atoms. The summed E-state index contributed by atoms with van der Waals surface area (Å²) in [6.45, 7) is 3.06. The smallest absolute Gasteiger partial charge is 0.236 e. The lowest BCUT2D eigenvalue weighted by atomic mass is 9.73. The first kappa shape index (κ1) is 15.5. The Morgan fingerprint density at radius 3 is 2.59 bits per heavy atom. The van der Waals surface area contributed by atoms with Crippen LogP contribution in [-0.2, 0) is 14.9 Å². The zero-order valence-corrected chi connectivity index (χ0v) is 13.8. The highest BCUT2D eigenvalue weighted by atomic mass is 35.5. The quantitative estimate of drug-likeness (QED) is 0.927. The Morgan fingerprint density at radius 1 is 1.32 bits per heavy atom. The fourth-order valence-electron chi connectivity index (χ4n) is 2.76. The van der Waals surface area contributed by atoms with Gasteiger partial charge in [-0.3, -0.25) is 4.79 Å². The number of amides is 1. The molecule has 1 aromatic carbocycles. The highest BCUT2D eigenvalue weighted by Crippen LogP contribution is 2.37. The number of carbonyl (C=O) groups is 1. The normalized spacial score (nSPS) is 17.2. The Bertz CT molecular complexity index is 663. The highest BCUT2D eigenvalue weighted by Gasteiger charge is 2.42. The molecule has 3 rings (SSSR count). The summed E-state index contributed by atoms with van der Waals surface area (Å²) < 4.78 is 5.46. The third-order valence-electron chi connectivity index (χ3n) is 4.02. The Labute approximate surface area is 138 Å². The van der Waals surface area contributed by atoms with Crippen LogP contribution in [0.3, 0.4) is 0 Å². The van der Waals surface area contributed by atoms with E-state index < -0.39 is 5.41 Å². The molecule has 0 aliphatic carbocycles. The number of aryl methyl sites for hydroxylation is 1. The highest BCUT2D eigenvalue weighted by molar-refractivity contribution is 7.13. The minimum absolute atomic E-state index is 0.0209. The molecule has 0 bridgehead atoms. The number of nitrogens with zero attached hydrogens (tertiary/aromatic N) is 1. The van der Waals surface area contributed by atoms with Crippen LogP contribution in [0.15, 0.2) is 29.6 Å². The lowest BCUT2D eigenvalue weighted by Gasteiger charge is -2.36. The van der Waals surface area contributed by atoms with Crippen LogP contribution in [0.1, 0.15) is 24.1 Å². The summed E-state index contributed by atoms with van der Waals surface area (Å²) in [6, 6.07) is 7.52. The Hall–Kier alpha value is -1.43. The van der Waals surface area contributed by atoms with Gasteiger partial charge in [0.25, 0.3) is 0 Å². The number of rotatable bonds is 3. The molecule has 1 amide bonds. The first-order valence-electron chi connectivity index (χ1n) is 7.17. The predicted octanol–water partition coefficient (Wildman–Crippen LogP) is 3.79. The number of halogens is 1. The summed E-state index contributed by atoms with van der Waals surface area (Å²) in [4.78, 5) is 17.3. The summed E-state index contributed by atoms with van der Waals surface area (Å²) >= 11 is 7.42. The number of aromatic nitrogens is 1. The molecule has 1 aliphatic rings. The molecule has 116 valence electrons. The molecular weight excluding hydrogens is 320 g/mol. The summed E-state index contributed by atoms with van der Waals surface area (Å²) in [6.07, 6.45) is 1.32. The minimum atomic E-state index is -0.581. The van der Waals surface area contributed by atoms with Crippen LogP contribution in [0, 0.1) is 6.92 Å². The molecule has 2 aromatic rings. The number of hydrogen-bond acceptors (Lipinski definition) is 4. The fourth-order valence-corrected chi connectivity index (χ4v) is 3.57. The van der Waals surface area contributed by atoms with Crippen LogP contribution >= 0.6 is 22.9 Å². The number of carbonyl (C=O) groups excluding carboxylic acids is 1. The third-order valence-corrected chi connectivity index (χ3v) is 5.14. The van der Waals surface area contributed by atoms with Crippen molar-refractivity contribution in [1.29, 1.82) is 0 Å². The number of ether oxygens (including phenoxy) is 1. The standard InChI is InChI=1S/C16H17ClN2O2S/c1-11-10-22-15(18-11)19-14(20)16(6-8-21-9-7-16)12-2-4-13(17)5-3-12/h2-5,10H,6-9H2,1H3,(H,18,19,20). The largest absolute Gasteiger partial charge is 0.381 e. The number of anilines is 1. The number of hydrogen-bond donors (Lipinski definition) is 1. The van der Waals surface area contributed by atoms with Gasteiger partial charge in [0, 0.05) is 23.6 Å². The molecule has 0 unspecified atom stereocenters. The second-order valence-electron chi connectivity index (χ2n) is 5.45. The van der Waals surface area contributed by atoms with Crippen molar-refractivity contribution in [2.75, 3.05) is 18.5 Å². The van der Waals surface area contributed by atoms with Gasteiger partial charge in [-0.15, -0.1) is 11.3 Å². The van der Waals surface area contributed by atoms with Crippen LogP contribution in [-0.4, -0.2) is 24.1 Å². The van der Waals surface area contributed by atoms with E-state index in [1.54, 1.807) is 0 Å². The summed E-state index contributed by atoms with van der Waals surface area (Å²) in [5.74, 6) is -0.0209. The molecule has 0 atom stereocenters. The zero-order valence-electron chi connectivity index (χ0n) is 12.3. The van der Waals surface area contributed by atoms with Gasteiger partial charge in [0.15, 0.2) is 5.13 Å². The van der Waals surface area contributed by atoms with Gasteiger partial charge in [-0.2, -0.15) is 0 Å². The van der Waals surface area contributed by atoms with Gasteiger partial charge < -0.3 is 10.1 Å². The van der Waals surface area contributed by atoms with Crippen molar-refractivity contribution in [3.8, 4) is 0 Å². The van der Waals surface area contributed by atoms with Gasteiger partial charge >= 0.3 is 0 Å². The third kappa shape index (κ3) is 3.02. The molecule has 1 aromatic heterocycles. The fraction of sp³-hybridized carbons (Fsp3) is 0.375. The molecule has 1 aliphatic heterocycles. The molecule has 2 heterocycles. The van der Waals surface area contributed by atoms with Crippen LogP contribution in [0.25, 0.3) is 0 Å². The monoisotopic (exact) mass is 336 g/mol. The summed E-state index contributed by atoms with van der Waals surface area (Å²) in [5.41, 5.74) is 1.31. The van der Waals surface area contributed by atoms with Crippen LogP contribution in [0.5, 0.6) is 0 Å². The summed E-state index contributed by atoms with van der Waals surface area (Å²) in [5, 5.41) is 6.20. The van der Waals surface area contributed by atoms with E-state index in [9.17, 15) is 4.79 Å². The van der Waals surface area contributed by atoms with E-state index in [0.717, 1.165) is 11.3 Å². The van der Waals surface area contributed by atoms with Gasteiger partial charge in [0.05, 0.1) is 11.1 Å². The van der Waals surface area contributed by atoms with Crippen LogP contribution < -0.4 is 5.32 Å². The van der Waals surface area contributed by atoms with E-state index in [-0.39, 0.29) is 5.91 Å². The topological polar surface area (TPSA) is 51.2 Å². The van der Waals surface area contributed by atoms with E-state index in [1.807, 2.05) is 36.6 Å². The second kappa shape index (κ2) is 6.36. The molecule has 6 heteroatoms. The van der Waals surface area contributed by atoms with Crippen molar-refractivity contribution in [1.82, 2.24) is 4.98 Å². The van der Waals surface area contributed by atoms with E-state index in [0.29, 0.717) is 36.2 Å². The zero-order chi connectivity index (χ0) is 15.6. The number of nitrogens with one attached hydrogen (secondary N) is 1. The van der Waals surface area contributed by atoms with Crippen LogP contribution in [0.4, 0.5) is 5.13 Å². The molecule has 1 fully saturated rings. The molecule has 0 radical (unpaired) electrons. The van der Waals surface area contributed by atoms with Crippen LogP contribution in [0.2, 0.25) is 5.02 Å². The van der Waals surface area contributed by atoms with E-state index >= 15 is 0 Å². The molecule has 1 N–H and O–H groups in total. The van der Waals surface area contributed by atoms with E-state index in [4.69, 9.17) is 16.3 Å². The van der Waals surface area contributed by atoms with Gasteiger partial charge in [0.2, 0.25) is 5.91 Å². The first-order chi connectivity index (χ1) is 10.6. The Kier molecular flexibility index (Phi) is 4.47. The lowest BCUT2D eigenvalue weighted by Crippen LogP contribution is -2.44. The van der Waals surface area contributed by atoms with Gasteiger partial charge in [-0.25, -0.2) is 4.98 Å². The molecule has 4 nitrogen and oxygen atoms in total. The predicted molar refractivity (Wildman–Crippen MR) is 88.7 cm³/mol. The second-order valence-corrected chi connectivity index (χ2v) is 6.74. The average Bonchev–Trinajstić information content (AvgIpc) is 2.93. The molecular formula is C16H17ClN2O2S. The molecule has 1 saturated heterocycles. The van der Waals surface area contributed by atoms with Crippen molar-refractivity contribution in [3.05, 3.63) is 45.9 Å². The van der Waals surface area contributed by atoms with E-state index in [2.05, 4.69) is 10.3 Å². The molecule has 0 spiro atoms. The van der Waals surface area contributed by atoms with E-state index in [1.165, 1.54) is 11.3 Å². The average molecular weight is 337 g/mol. The van der Waals surface area contributed by atoms with Gasteiger partial charge in [-0.1, -0.05) is 23.7 Å². The van der Waals surface area contributed by atoms with Gasteiger partial charge in [-0.05, 0) is 37.5 Å². The lowest BCUT2D eigenvalue weighted by molar-refractivity contribution is -0.125. The number of benzene rings is 1. The Morgan fingerprint density at radius 2 is 2.00 bits per heavy atom. The summed E-state index contributed by atoms with van der Waals surface area (Å²) in [7, 11) is 0. The minimum Gasteiger partial charge on any atom is -0.381 e. The maximum Gasteiger partial charge on any atom is 0.236 e. The first-order valence-corrected chi connectivity index (χ1v) is 8.43. The van der Waals surface area contributed by atoms with Gasteiger partial charge in [0.1, 0.15) is 0 Å². The Balaban J connectivity index is 1.91. The van der Waals surface area contributed by atoms with Crippen molar-refractivity contribution >= 4 is 34.0 Å². The van der Waals surface area contributed by atoms with Crippen molar-refractivity contribution < 1.29 is 9.53 Å². The van der Waals surface area contributed by atoms with Crippen molar-refractivity contribution in [2.45, 2.75) is 25.2 Å². The number of thiazole rings is 1. The molecule has 0 saturated carbocycles. The SMILES string of the molecule is Cc1csc(NC(=O)C2(c3ccc(Cl)cc3)CCOCC2)n1. The maximum absolute atomic E-state index is 13.0. The maximum atomic E-state index is 13.0. The van der Waals surface area contributed by atoms with Crippen molar-refractivity contribution in [2.24, 2.45) is 0 Å². The van der Waals surface area contributed by atoms with Crippen molar-refractivity contribution in [3.63, 3.8) is 0 Å².